The molecule has 0 spiro atoms. The lowest BCUT2D eigenvalue weighted by Crippen LogP contribution is -2.53. The molecule has 0 atom stereocenters. The fraction of sp³-hybridized carbons (Fsp3) is 1.00. The molecule has 78 valence electrons. The smallest absolute Gasteiger partial charge is 0.0587 e. The van der Waals surface area contributed by atoms with Crippen LogP contribution in [0.15, 0.2) is 0 Å². The van der Waals surface area contributed by atoms with Crippen LogP contribution in [-0.2, 0) is 4.74 Å². The molecule has 0 aliphatic heterocycles. The Morgan fingerprint density at radius 2 is 2.00 bits per heavy atom. The number of nitrogens with two attached hydrogens (primary N) is 1. The Balaban J connectivity index is 2.29. The molecule has 1 aliphatic rings. The van der Waals surface area contributed by atoms with Crippen LogP contribution in [0.1, 0.15) is 32.1 Å². The van der Waals surface area contributed by atoms with Crippen molar-refractivity contribution in [2.45, 2.75) is 37.6 Å². The fourth-order valence-electron chi connectivity index (χ4n) is 2.10. The first-order valence-corrected chi connectivity index (χ1v) is 5.27. The Kier molecular flexibility index (Phi) is 4.70. The molecule has 13 heavy (non-hydrogen) atoms. The Labute approximate surface area is 81.0 Å². The first-order valence-electron chi connectivity index (χ1n) is 5.27. The maximum Gasteiger partial charge on any atom is 0.0587 e. The van der Waals surface area contributed by atoms with Gasteiger partial charge in [0.25, 0.3) is 0 Å². The number of ether oxygens (including phenoxy) is 1. The maximum absolute atomic E-state index is 5.82. The molecule has 0 saturated heterocycles. The number of hydrogen-bond acceptors (Lipinski definition) is 3. The summed E-state index contributed by atoms with van der Waals surface area (Å²) in [6.45, 7) is 2.46. The molecule has 1 saturated carbocycles. The van der Waals surface area contributed by atoms with Crippen molar-refractivity contribution in [3.05, 3.63) is 0 Å². The van der Waals surface area contributed by atoms with Gasteiger partial charge in [0.05, 0.1) is 6.61 Å². The van der Waals surface area contributed by atoms with Crippen LogP contribution in [0.4, 0.5) is 0 Å². The third kappa shape index (κ3) is 3.25. The van der Waals surface area contributed by atoms with Gasteiger partial charge in [-0.05, 0) is 12.8 Å². The molecule has 0 aromatic rings. The Bertz CT molecular complexity index is 133. The average molecular weight is 186 g/mol. The molecule has 0 radical (unpaired) electrons. The van der Waals surface area contributed by atoms with Crippen LogP contribution < -0.4 is 11.1 Å². The van der Waals surface area contributed by atoms with Crippen LogP contribution >= 0.6 is 0 Å². The number of nitrogens with one attached hydrogen (secondary N) is 1. The summed E-state index contributed by atoms with van der Waals surface area (Å²) in [7, 11) is 1.73. The third-order valence-electron chi connectivity index (χ3n) is 3.01. The molecule has 1 rings (SSSR count). The molecule has 0 aromatic carbocycles. The summed E-state index contributed by atoms with van der Waals surface area (Å²) in [6, 6.07) is 0. The van der Waals surface area contributed by atoms with Crippen molar-refractivity contribution < 1.29 is 4.74 Å². The van der Waals surface area contributed by atoms with E-state index in [1.165, 1.54) is 32.1 Å². The van der Waals surface area contributed by atoms with E-state index in [0.717, 1.165) is 19.7 Å². The predicted octanol–water partition coefficient (Wildman–Crippen LogP) is 0.884. The number of rotatable bonds is 5. The van der Waals surface area contributed by atoms with Crippen molar-refractivity contribution in [2.75, 3.05) is 26.8 Å². The van der Waals surface area contributed by atoms with Gasteiger partial charge in [0.2, 0.25) is 0 Å². The summed E-state index contributed by atoms with van der Waals surface area (Å²) >= 11 is 0. The molecule has 3 heteroatoms. The van der Waals surface area contributed by atoms with Crippen molar-refractivity contribution in [2.24, 2.45) is 5.73 Å². The molecule has 3 nitrogen and oxygen atoms in total. The largest absolute Gasteiger partial charge is 0.383 e. The lowest BCUT2D eigenvalue weighted by atomic mass is 9.82. The lowest BCUT2D eigenvalue weighted by Gasteiger charge is -2.37. The van der Waals surface area contributed by atoms with Gasteiger partial charge < -0.3 is 15.8 Å². The van der Waals surface area contributed by atoms with Crippen LogP contribution in [0.3, 0.4) is 0 Å². The van der Waals surface area contributed by atoms with Gasteiger partial charge in [-0.2, -0.15) is 0 Å². The Morgan fingerprint density at radius 3 is 2.54 bits per heavy atom. The summed E-state index contributed by atoms with van der Waals surface area (Å²) in [5.41, 5.74) is 6.04. The average Bonchev–Trinajstić information content (AvgIpc) is 2.20. The van der Waals surface area contributed by atoms with Gasteiger partial charge in [-0.3, -0.25) is 0 Å². The highest BCUT2D eigenvalue weighted by Gasteiger charge is 2.29. The minimum atomic E-state index is 0.219. The standard InChI is InChI=1S/C10H22N2O/c1-13-8-7-12-10(9-11)5-3-2-4-6-10/h12H,2-9,11H2,1H3. The minimum Gasteiger partial charge on any atom is -0.383 e. The van der Waals surface area contributed by atoms with E-state index in [2.05, 4.69) is 5.32 Å². The molecule has 1 fully saturated rings. The monoisotopic (exact) mass is 186 g/mol. The van der Waals surface area contributed by atoms with E-state index < -0.39 is 0 Å². The van der Waals surface area contributed by atoms with Crippen molar-refractivity contribution >= 4 is 0 Å². The van der Waals surface area contributed by atoms with Gasteiger partial charge in [0.1, 0.15) is 0 Å². The van der Waals surface area contributed by atoms with Gasteiger partial charge >= 0.3 is 0 Å². The Hall–Kier alpha value is -0.120. The summed E-state index contributed by atoms with van der Waals surface area (Å²) < 4.78 is 5.02. The third-order valence-corrected chi connectivity index (χ3v) is 3.01. The zero-order valence-corrected chi connectivity index (χ0v) is 8.64. The van der Waals surface area contributed by atoms with Gasteiger partial charge in [-0.25, -0.2) is 0 Å². The molecule has 1 aliphatic carbocycles. The van der Waals surface area contributed by atoms with E-state index in [4.69, 9.17) is 10.5 Å². The van der Waals surface area contributed by atoms with E-state index in [0.29, 0.717) is 0 Å². The van der Waals surface area contributed by atoms with Gasteiger partial charge in [0.15, 0.2) is 0 Å². The van der Waals surface area contributed by atoms with E-state index in [9.17, 15) is 0 Å². The fourth-order valence-corrected chi connectivity index (χ4v) is 2.10. The van der Waals surface area contributed by atoms with E-state index in [-0.39, 0.29) is 5.54 Å². The highest BCUT2D eigenvalue weighted by molar-refractivity contribution is 4.91. The molecule has 0 aromatic heterocycles. The maximum atomic E-state index is 5.82. The predicted molar refractivity (Wildman–Crippen MR) is 54.7 cm³/mol. The second kappa shape index (κ2) is 5.58. The van der Waals surface area contributed by atoms with Crippen LogP contribution in [0, 0.1) is 0 Å². The van der Waals surface area contributed by atoms with Crippen molar-refractivity contribution in [1.29, 1.82) is 0 Å². The molecule has 0 amide bonds. The van der Waals surface area contributed by atoms with Gasteiger partial charge in [-0.15, -0.1) is 0 Å². The highest BCUT2D eigenvalue weighted by atomic mass is 16.5. The quantitative estimate of drug-likeness (QED) is 0.627. The number of methoxy groups -OCH3 is 1. The van der Waals surface area contributed by atoms with E-state index >= 15 is 0 Å². The normalized spacial score (nSPS) is 21.7. The van der Waals surface area contributed by atoms with Gasteiger partial charge in [-0.1, -0.05) is 19.3 Å². The van der Waals surface area contributed by atoms with E-state index in [1.54, 1.807) is 7.11 Å². The molecule has 0 bridgehead atoms. The van der Waals surface area contributed by atoms with Crippen molar-refractivity contribution in [3.63, 3.8) is 0 Å². The summed E-state index contributed by atoms with van der Waals surface area (Å²) in [5.74, 6) is 0. The minimum absolute atomic E-state index is 0.219. The second-order valence-corrected chi connectivity index (χ2v) is 3.96. The van der Waals surface area contributed by atoms with Gasteiger partial charge in [0, 0.05) is 25.7 Å². The van der Waals surface area contributed by atoms with Crippen LogP contribution in [0.2, 0.25) is 0 Å². The van der Waals surface area contributed by atoms with Crippen LogP contribution in [-0.4, -0.2) is 32.3 Å². The summed E-state index contributed by atoms with van der Waals surface area (Å²) in [5, 5.41) is 3.54. The molecular formula is C10H22N2O. The van der Waals surface area contributed by atoms with Crippen molar-refractivity contribution in [1.82, 2.24) is 5.32 Å². The molecular weight excluding hydrogens is 164 g/mol. The topological polar surface area (TPSA) is 47.3 Å². The Morgan fingerprint density at radius 1 is 1.31 bits per heavy atom. The summed E-state index contributed by atoms with van der Waals surface area (Å²) in [6.07, 6.45) is 6.46. The molecule has 0 unspecified atom stereocenters. The lowest BCUT2D eigenvalue weighted by molar-refractivity contribution is 0.169. The van der Waals surface area contributed by atoms with Crippen LogP contribution in [0.5, 0.6) is 0 Å². The first kappa shape index (κ1) is 11.0. The van der Waals surface area contributed by atoms with E-state index in [1.807, 2.05) is 0 Å². The highest BCUT2D eigenvalue weighted by Crippen LogP contribution is 2.26. The zero-order chi connectivity index (χ0) is 9.57. The first-order chi connectivity index (χ1) is 6.33. The summed E-state index contributed by atoms with van der Waals surface area (Å²) in [4.78, 5) is 0. The van der Waals surface area contributed by atoms with Crippen LogP contribution in [0.25, 0.3) is 0 Å². The second-order valence-electron chi connectivity index (χ2n) is 3.96. The zero-order valence-electron chi connectivity index (χ0n) is 8.64. The molecule has 0 heterocycles. The SMILES string of the molecule is COCCNC1(CN)CCCCC1. The molecule has 3 N–H and O–H groups in total. The van der Waals surface area contributed by atoms with Crippen molar-refractivity contribution in [3.8, 4) is 0 Å². The number of hydrogen-bond donors (Lipinski definition) is 2.